The van der Waals surface area contributed by atoms with E-state index in [-0.39, 0.29) is 15.0 Å². The van der Waals surface area contributed by atoms with Crippen LogP contribution in [0.2, 0.25) is 0 Å². The van der Waals surface area contributed by atoms with Crippen LogP contribution >= 0.6 is 0 Å². The first-order valence-corrected chi connectivity index (χ1v) is 1.19. The third kappa shape index (κ3) is 9.73. The molecule has 3 nitrogen and oxygen atoms in total. The number of rotatable bonds is 1. The Labute approximate surface area is 37.7 Å². The van der Waals surface area contributed by atoms with Crippen LogP contribution in [-0.4, -0.2) is 26.0 Å². The fourth-order valence-electron chi connectivity index (χ4n) is 0. The zero-order valence-corrected chi connectivity index (χ0v) is 2.64. The summed E-state index contributed by atoms with van der Waals surface area (Å²) in [5.74, 6) is -0.968. The molecule has 4 heteroatoms. The molecule has 0 fully saturated rings. The van der Waals surface area contributed by atoms with Gasteiger partial charge in [-0.05, 0) is 0 Å². The minimum atomic E-state index is -0.968. The predicted molar refractivity (Wildman–Crippen MR) is 26.6 cm³/mol. The monoisotopic (exact) mass is 89.1 g/mol. The molecule has 0 atom stereocenters. The van der Waals surface area contributed by atoms with Gasteiger partial charge in [-0.15, -0.1) is 0 Å². The van der Waals surface area contributed by atoms with Crippen molar-refractivity contribution in [3.05, 3.63) is 0 Å². The quantitative estimate of drug-likeness (QED) is 0.360. The molecule has 0 aromatic carbocycles. The normalized spacial score (nSPS) is 6.17. The lowest BCUT2D eigenvalue weighted by Gasteiger charge is -1.73. The summed E-state index contributed by atoms with van der Waals surface area (Å²) in [5.41, 5.74) is 4.57. The van der Waals surface area contributed by atoms with Gasteiger partial charge in [-0.25, -0.2) is 0 Å². The number of carboxylic acids is 1. The average molecular weight is 88.9 g/mol. The van der Waals surface area contributed by atoms with Crippen LogP contribution in [0.5, 0.6) is 0 Å². The Balaban J connectivity index is 0. The van der Waals surface area contributed by atoms with Gasteiger partial charge in [0.25, 0.3) is 0 Å². The lowest BCUT2D eigenvalue weighted by Crippen LogP contribution is -2.10. The molecule has 0 aliphatic carbocycles. The molecule has 0 unspecified atom stereocenters. The lowest BCUT2D eigenvalue weighted by molar-refractivity contribution is -0.135. The van der Waals surface area contributed by atoms with E-state index in [1.165, 1.54) is 0 Å². The van der Waals surface area contributed by atoms with Crippen LogP contribution in [-0.2, 0) is 4.79 Å². The predicted octanol–water partition coefficient (Wildman–Crippen LogP) is -2.15. The number of nitrogens with two attached hydrogens (primary N) is 1. The fourth-order valence-corrected chi connectivity index (χ4v) is 0. The molecule has 0 aliphatic rings. The molecule has 0 rings (SSSR count). The molecule has 0 amide bonds. The zero-order chi connectivity index (χ0) is 4.28. The van der Waals surface area contributed by atoms with E-state index in [1.54, 1.807) is 0 Å². The van der Waals surface area contributed by atoms with E-state index in [0.717, 1.165) is 0 Å². The summed E-state index contributed by atoms with van der Waals surface area (Å²) >= 11 is 0. The molecule has 3 N–H and O–H groups in total. The van der Waals surface area contributed by atoms with Crippen molar-refractivity contribution in [1.29, 1.82) is 0 Å². The van der Waals surface area contributed by atoms with E-state index in [4.69, 9.17) is 5.11 Å². The van der Waals surface area contributed by atoms with Gasteiger partial charge in [-0.3, -0.25) is 4.79 Å². The Hall–Kier alpha value is -0.505. The molecular formula is C2H8BNO2. The Morgan fingerprint density at radius 2 is 2.00 bits per heavy atom. The van der Waals surface area contributed by atoms with Gasteiger partial charge < -0.3 is 10.8 Å². The molecule has 0 heterocycles. The highest BCUT2D eigenvalue weighted by molar-refractivity contribution is 5.75. The van der Waals surface area contributed by atoms with Gasteiger partial charge in [0.05, 0.1) is 15.0 Å². The third-order valence-electron chi connectivity index (χ3n) is 0.175. The second-order valence-corrected chi connectivity index (χ2v) is 0.598. The number of hydrogen-bond acceptors (Lipinski definition) is 2. The van der Waals surface area contributed by atoms with E-state index in [9.17, 15) is 4.79 Å². The first-order chi connectivity index (χ1) is 2.27. The molecule has 0 radical (unpaired) electrons. The van der Waals surface area contributed by atoms with Gasteiger partial charge in [0.15, 0.2) is 0 Å². The summed E-state index contributed by atoms with van der Waals surface area (Å²) < 4.78 is 0. The highest BCUT2D eigenvalue weighted by atomic mass is 16.4. The second-order valence-electron chi connectivity index (χ2n) is 0.598. The van der Waals surface area contributed by atoms with Crippen LogP contribution in [0.4, 0.5) is 0 Å². The van der Waals surface area contributed by atoms with E-state index in [0.29, 0.717) is 0 Å². The number of carbonyl (C=O) groups is 1. The molecule has 6 heavy (non-hydrogen) atoms. The standard InChI is InChI=1S/C2H5NO2.BH3/c3-1-2(4)5;/h1,3H2,(H,4,5);1H3. The number of aliphatic carboxylic acids is 1. The van der Waals surface area contributed by atoms with Gasteiger partial charge in [0, 0.05) is 0 Å². The van der Waals surface area contributed by atoms with Crippen molar-refractivity contribution in [3.8, 4) is 0 Å². The van der Waals surface area contributed by atoms with Crippen molar-refractivity contribution in [3.63, 3.8) is 0 Å². The maximum atomic E-state index is 9.24. The minimum absolute atomic E-state index is 0. The lowest BCUT2D eigenvalue weighted by atomic mass is 10.7. The van der Waals surface area contributed by atoms with Gasteiger partial charge >= 0.3 is 5.97 Å². The van der Waals surface area contributed by atoms with Crippen LogP contribution in [0.1, 0.15) is 0 Å². The maximum Gasteiger partial charge on any atom is 0.317 e. The molecule has 0 aliphatic heterocycles. The molecule has 0 aromatic heterocycles. The first-order valence-electron chi connectivity index (χ1n) is 1.19. The summed E-state index contributed by atoms with van der Waals surface area (Å²) in [6.45, 7) is -0.278. The highest BCUT2D eigenvalue weighted by Crippen LogP contribution is 1.43. The van der Waals surface area contributed by atoms with Crippen molar-refractivity contribution in [2.24, 2.45) is 5.73 Å². The van der Waals surface area contributed by atoms with Crippen LogP contribution < -0.4 is 5.73 Å². The second kappa shape index (κ2) is 4.49. The molecule has 0 saturated heterocycles. The first kappa shape index (κ1) is 9.09. The summed E-state index contributed by atoms with van der Waals surface area (Å²) in [4.78, 5) is 9.24. The van der Waals surface area contributed by atoms with E-state index >= 15 is 0 Å². The van der Waals surface area contributed by atoms with Gasteiger partial charge in [0.1, 0.15) is 0 Å². The van der Waals surface area contributed by atoms with Gasteiger partial charge in [-0.1, -0.05) is 0 Å². The Bertz CT molecular complexity index is 46.8. The van der Waals surface area contributed by atoms with Crippen molar-refractivity contribution in [1.82, 2.24) is 0 Å². The van der Waals surface area contributed by atoms with Crippen LogP contribution in [0.25, 0.3) is 0 Å². The zero-order valence-electron chi connectivity index (χ0n) is 2.64. The van der Waals surface area contributed by atoms with Crippen molar-refractivity contribution >= 4 is 14.4 Å². The van der Waals surface area contributed by atoms with E-state index < -0.39 is 5.97 Å². The van der Waals surface area contributed by atoms with Gasteiger partial charge in [0.2, 0.25) is 0 Å². The molecular weight excluding hydrogens is 80.8 g/mol. The van der Waals surface area contributed by atoms with Crippen molar-refractivity contribution < 1.29 is 9.90 Å². The van der Waals surface area contributed by atoms with Crippen molar-refractivity contribution in [2.75, 3.05) is 6.54 Å². The summed E-state index contributed by atoms with van der Waals surface area (Å²) in [7, 11) is 0. The number of carboxylic acid groups (broad SMARTS) is 1. The smallest absolute Gasteiger partial charge is 0.317 e. The van der Waals surface area contributed by atoms with Crippen LogP contribution in [0.15, 0.2) is 0 Å². The maximum absolute atomic E-state index is 9.24. The molecule has 0 spiro atoms. The third-order valence-corrected chi connectivity index (χ3v) is 0.175. The van der Waals surface area contributed by atoms with Crippen LogP contribution in [0, 0.1) is 0 Å². The molecule has 0 bridgehead atoms. The number of hydrogen-bond donors (Lipinski definition) is 2. The topological polar surface area (TPSA) is 63.3 Å². The molecule has 36 valence electrons. The highest BCUT2D eigenvalue weighted by Gasteiger charge is 1.81. The average Bonchev–Trinajstić information content (AvgIpc) is 1.38. The summed E-state index contributed by atoms with van der Waals surface area (Å²) in [6, 6.07) is 0. The fraction of sp³-hybridized carbons (Fsp3) is 0.500. The molecule has 0 saturated carbocycles. The summed E-state index contributed by atoms with van der Waals surface area (Å²) in [6.07, 6.45) is 0. The Kier molecular flexibility index (Phi) is 6.81. The molecule has 0 aromatic rings. The van der Waals surface area contributed by atoms with Crippen molar-refractivity contribution in [2.45, 2.75) is 0 Å². The van der Waals surface area contributed by atoms with E-state index in [1.807, 2.05) is 0 Å². The largest absolute Gasteiger partial charge is 0.480 e. The SMILES string of the molecule is B.NCC(=O)O. The minimum Gasteiger partial charge on any atom is -0.480 e. The Morgan fingerprint density at radius 3 is 2.00 bits per heavy atom. The van der Waals surface area contributed by atoms with Gasteiger partial charge in [-0.2, -0.15) is 0 Å². The van der Waals surface area contributed by atoms with Crippen LogP contribution in [0.3, 0.4) is 0 Å². The van der Waals surface area contributed by atoms with E-state index in [2.05, 4.69) is 5.73 Å². The summed E-state index contributed by atoms with van der Waals surface area (Å²) in [5, 5.41) is 7.60. The Morgan fingerprint density at radius 1 is 1.83 bits per heavy atom.